The van der Waals surface area contributed by atoms with Crippen LogP contribution in [-0.4, -0.2) is 4.92 Å². The van der Waals surface area contributed by atoms with Crippen LogP contribution in [0.2, 0.25) is 0 Å². The van der Waals surface area contributed by atoms with Crippen LogP contribution in [0.1, 0.15) is 63.8 Å². The summed E-state index contributed by atoms with van der Waals surface area (Å²) in [6.07, 6.45) is 2.53. The van der Waals surface area contributed by atoms with Crippen molar-refractivity contribution in [2.75, 3.05) is 0 Å². The molecule has 27 heavy (non-hydrogen) atoms. The van der Waals surface area contributed by atoms with Crippen LogP contribution in [0, 0.1) is 10.1 Å². The Morgan fingerprint density at radius 2 is 1.63 bits per heavy atom. The first-order valence-electron chi connectivity index (χ1n) is 9.16. The molecule has 0 N–H and O–H groups in total. The van der Waals surface area contributed by atoms with Crippen molar-refractivity contribution in [3.05, 3.63) is 81.0 Å². The van der Waals surface area contributed by atoms with Crippen LogP contribution in [0.15, 0.2) is 48.7 Å². The minimum absolute atomic E-state index is 0.0593. The predicted octanol–water partition coefficient (Wildman–Crippen LogP) is 6.11. The average Bonchev–Trinajstić information content (AvgIpc) is 2.57. The lowest BCUT2D eigenvalue weighted by Crippen LogP contribution is -2.18. The van der Waals surface area contributed by atoms with E-state index in [9.17, 15) is 10.1 Å². The second-order valence-corrected chi connectivity index (χ2v) is 8.81. The summed E-state index contributed by atoms with van der Waals surface area (Å²) in [6.45, 7) is 13.2. The van der Waals surface area contributed by atoms with Gasteiger partial charge in [-0.3, -0.25) is 10.1 Å². The Labute approximate surface area is 162 Å². The van der Waals surface area contributed by atoms with Crippen molar-refractivity contribution < 1.29 is 9.66 Å². The van der Waals surface area contributed by atoms with Crippen molar-refractivity contribution in [3.8, 4) is 5.75 Å². The molecule has 0 radical (unpaired) electrons. The first kappa shape index (κ1) is 20.7. The molecule has 0 saturated heterocycles. The Hall–Kier alpha value is -2.62. The summed E-state index contributed by atoms with van der Waals surface area (Å²) in [5.74, 6) is 0.675. The van der Waals surface area contributed by atoms with E-state index in [1.54, 1.807) is 6.08 Å². The Balaban J connectivity index is 2.59. The SMILES string of the molecule is CC(C)(C)c1cc(OCc2ccccc2)c(C=C[N+](=O)[O-])c(C(C)(C)C)c1. The van der Waals surface area contributed by atoms with Gasteiger partial charge in [0.15, 0.2) is 0 Å². The molecule has 0 fully saturated rings. The van der Waals surface area contributed by atoms with Gasteiger partial charge in [0, 0.05) is 11.6 Å². The molecule has 0 atom stereocenters. The van der Waals surface area contributed by atoms with Crippen LogP contribution < -0.4 is 4.74 Å². The molecule has 4 nitrogen and oxygen atoms in total. The van der Waals surface area contributed by atoms with Crippen LogP contribution in [-0.2, 0) is 17.4 Å². The van der Waals surface area contributed by atoms with E-state index in [0.717, 1.165) is 28.5 Å². The van der Waals surface area contributed by atoms with E-state index in [1.807, 2.05) is 36.4 Å². The molecule has 0 spiro atoms. The van der Waals surface area contributed by atoms with E-state index < -0.39 is 4.92 Å². The molecule has 0 aliphatic carbocycles. The summed E-state index contributed by atoms with van der Waals surface area (Å²) in [4.78, 5) is 10.5. The molecular formula is C23H29NO3. The van der Waals surface area contributed by atoms with Crippen molar-refractivity contribution in [2.24, 2.45) is 0 Å². The van der Waals surface area contributed by atoms with Crippen LogP contribution >= 0.6 is 0 Å². The summed E-state index contributed by atoms with van der Waals surface area (Å²) in [5, 5.41) is 10.9. The monoisotopic (exact) mass is 367 g/mol. The van der Waals surface area contributed by atoms with Gasteiger partial charge in [0.05, 0.1) is 4.92 Å². The Kier molecular flexibility index (Phi) is 6.09. The van der Waals surface area contributed by atoms with Crippen LogP contribution in [0.25, 0.3) is 6.08 Å². The third kappa shape index (κ3) is 5.68. The Bertz CT molecular complexity index is 825. The van der Waals surface area contributed by atoms with Crippen molar-refractivity contribution in [2.45, 2.75) is 59.0 Å². The third-order valence-electron chi connectivity index (χ3n) is 4.42. The van der Waals surface area contributed by atoms with Crippen LogP contribution in [0.3, 0.4) is 0 Å². The van der Waals surface area contributed by atoms with E-state index in [2.05, 4.69) is 47.6 Å². The lowest BCUT2D eigenvalue weighted by atomic mass is 9.78. The predicted molar refractivity (Wildman–Crippen MR) is 111 cm³/mol. The van der Waals surface area contributed by atoms with Crippen molar-refractivity contribution >= 4 is 6.08 Å². The minimum atomic E-state index is -0.439. The molecule has 2 aromatic carbocycles. The third-order valence-corrected chi connectivity index (χ3v) is 4.42. The van der Waals surface area contributed by atoms with Crippen LogP contribution in [0.5, 0.6) is 5.75 Å². The molecule has 0 amide bonds. The van der Waals surface area contributed by atoms with Gasteiger partial charge in [-0.05, 0) is 33.6 Å². The maximum absolute atomic E-state index is 10.9. The fraction of sp³-hybridized carbons (Fsp3) is 0.391. The largest absolute Gasteiger partial charge is 0.488 e. The molecule has 2 aromatic rings. The van der Waals surface area contributed by atoms with Gasteiger partial charge in [-0.25, -0.2) is 0 Å². The molecule has 0 aliphatic rings. The number of ether oxygens (including phenoxy) is 1. The fourth-order valence-electron chi connectivity index (χ4n) is 2.84. The minimum Gasteiger partial charge on any atom is -0.488 e. The number of nitrogens with zero attached hydrogens (tertiary/aromatic N) is 1. The van der Waals surface area contributed by atoms with Gasteiger partial charge >= 0.3 is 0 Å². The van der Waals surface area contributed by atoms with E-state index >= 15 is 0 Å². The standard InChI is InChI=1S/C23H29NO3/c1-22(2,3)18-14-20(23(4,5)6)19(12-13-24(25)26)21(15-18)27-16-17-10-8-7-9-11-17/h7-15H,16H2,1-6H3. The molecule has 4 heteroatoms. The van der Waals surface area contributed by atoms with Crippen molar-refractivity contribution in [1.29, 1.82) is 0 Å². The molecule has 144 valence electrons. The molecular weight excluding hydrogens is 338 g/mol. The molecule has 0 aliphatic heterocycles. The van der Waals surface area contributed by atoms with Gasteiger partial charge in [0.2, 0.25) is 6.20 Å². The molecule has 0 aromatic heterocycles. The lowest BCUT2D eigenvalue weighted by molar-refractivity contribution is -0.400. The Morgan fingerprint density at radius 3 is 2.15 bits per heavy atom. The number of rotatable bonds is 5. The smallest absolute Gasteiger partial charge is 0.235 e. The van der Waals surface area contributed by atoms with Gasteiger partial charge in [0.25, 0.3) is 0 Å². The average molecular weight is 367 g/mol. The summed E-state index contributed by atoms with van der Waals surface area (Å²) < 4.78 is 6.15. The number of nitro groups is 1. The summed E-state index contributed by atoms with van der Waals surface area (Å²) in [6, 6.07) is 14.1. The maximum Gasteiger partial charge on any atom is 0.235 e. The fourth-order valence-corrected chi connectivity index (χ4v) is 2.84. The zero-order valence-electron chi connectivity index (χ0n) is 17.1. The van der Waals surface area contributed by atoms with Gasteiger partial charge in [-0.15, -0.1) is 0 Å². The van der Waals surface area contributed by atoms with E-state index in [4.69, 9.17) is 4.74 Å². The van der Waals surface area contributed by atoms with E-state index in [1.165, 1.54) is 0 Å². The molecule has 0 saturated carbocycles. The van der Waals surface area contributed by atoms with Gasteiger partial charge in [0.1, 0.15) is 12.4 Å². The van der Waals surface area contributed by atoms with Gasteiger partial charge in [-0.1, -0.05) is 77.9 Å². The highest BCUT2D eigenvalue weighted by atomic mass is 16.6. The molecule has 0 bridgehead atoms. The highest BCUT2D eigenvalue weighted by Gasteiger charge is 2.25. The normalized spacial score (nSPS) is 12.4. The Morgan fingerprint density at radius 1 is 1.00 bits per heavy atom. The zero-order chi connectivity index (χ0) is 20.2. The van der Waals surface area contributed by atoms with E-state index in [0.29, 0.717) is 12.4 Å². The first-order chi connectivity index (χ1) is 12.5. The second-order valence-electron chi connectivity index (χ2n) is 8.81. The quantitative estimate of drug-likeness (QED) is 0.473. The summed E-state index contributed by atoms with van der Waals surface area (Å²) >= 11 is 0. The number of benzene rings is 2. The first-order valence-corrected chi connectivity index (χ1v) is 9.16. The summed E-state index contributed by atoms with van der Waals surface area (Å²) in [7, 11) is 0. The summed E-state index contributed by atoms with van der Waals surface area (Å²) in [5.41, 5.74) is 3.77. The highest BCUT2D eigenvalue weighted by Crippen LogP contribution is 2.38. The highest BCUT2D eigenvalue weighted by molar-refractivity contribution is 5.64. The van der Waals surface area contributed by atoms with Crippen molar-refractivity contribution in [1.82, 2.24) is 0 Å². The number of hydrogen-bond acceptors (Lipinski definition) is 3. The van der Waals surface area contributed by atoms with Gasteiger partial charge in [-0.2, -0.15) is 0 Å². The molecule has 0 unspecified atom stereocenters. The maximum atomic E-state index is 10.9. The topological polar surface area (TPSA) is 52.4 Å². The van der Waals surface area contributed by atoms with E-state index in [-0.39, 0.29) is 10.8 Å². The van der Waals surface area contributed by atoms with Crippen LogP contribution in [0.4, 0.5) is 0 Å². The molecule has 2 rings (SSSR count). The molecule has 0 heterocycles. The number of hydrogen-bond donors (Lipinski definition) is 0. The zero-order valence-corrected chi connectivity index (χ0v) is 17.1. The van der Waals surface area contributed by atoms with Gasteiger partial charge < -0.3 is 4.74 Å². The van der Waals surface area contributed by atoms with Crippen molar-refractivity contribution in [3.63, 3.8) is 0 Å². The second kappa shape index (κ2) is 7.95. The lowest BCUT2D eigenvalue weighted by Gasteiger charge is -2.28.